The van der Waals surface area contributed by atoms with Crippen LogP contribution in [-0.4, -0.2) is 41.9 Å². The summed E-state index contributed by atoms with van der Waals surface area (Å²) in [5.74, 6) is -1.26. The molecule has 0 spiro atoms. The third kappa shape index (κ3) is 4.26. The Morgan fingerprint density at radius 2 is 1.96 bits per heavy atom. The number of nitrogens with one attached hydrogen (secondary N) is 2. The molecule has 0 radical (unpaired) electrons. The molecule has 144 valence electrons. The molecule has 1 aromatic heterocycles. The third-order valence-corrected chi connectivity index (χ3v) is 3.77. The molecule has 1 saturated heterocycles. The molecule has 2 N–H and O–H groups in total. The molecular formula is C19H17N3O6. The van der Waals surface area contributed by atoms with Gasteiger partial charge in [-0.3, -0.25) is 9.59 Å². The molecule has 3 rings (SSSR count). The summed E-state index contributed by atoms with van der Waals surface area (Å²) in [5, 5.41) is 4.97. The normalized spacial score (nSPS) is 14.9. The topological polar surface area (TPSA) is 118 Å². The van der Waals surface area contributed by atoms with Gasteiger partial charge in [-0.05, 0) is 43.3 Å². The maximum Gasteiger partial charge on any atom is 0.338 e. The first kappa shape index (κ1) is 18.9. The van der Waals surface area contributed by atoms with Gasteiger partial charge in [-0.2, -0.15) is 0 Å². The van der Waals surface area contributed by atoms with Crippen LogP contribution in [0.3, 0.4) is 0 Å². The lowest BCUT2D eigenvalue weighted by atomic mass is 10.2. The molecule has 2 aromatic rings. The predicted molar refractivity (Wildman–Crippen MR) is 98.0 cm³/mol. The highest BCUT2D eigenvalue weighted by Crippen LogP contribution is 2.15. The first-order valence-electron chi connectivity index (χ1n) is 8.43. The van der Waals surface area contributed by atoms with Gasteiger partial charge in [0.05, 0.1) is 18.4 Å². The first-order valence-corrected chi connectivity index (χ1v) is 8.43. The Balaban J connectivity index is 1.61. The SMILES string of the molecule is CCOC(=O)c1ccc(NC(=O)CN2C(=O)N/C(=C\c3ccco3)C2=O)cc1. The third-order valence-electron chi connectivity index (χ3n) is 3.77. The Morgan fingerprint density at radius 1 is 1.21 bits per heavy atom. The molecule has 0 atom stereocenters. The maximum absolute atomic E-state index is 12.3. The van der Waals surface area contributed by atoms with Crippen molar-refractivity contribution in [3.8, 4) is 0 Å². The number of furan rings is 1. The summed E-state index contributed by atoms with van der Waals surface area (Å²) >= 11 is 0. The van der Waals surface area contributed by atoms with Crippen molar-refractivity contribution in [2.24, 2.45) is 0 Å². The molecule has 9 heteroatoms. The van der Waals surface area contributed by atoms with E-state index < -0.39 is 30.4 Å². The van der Waals surface area contributed by atoms with E-state index >= 15 is 0 Å². The second-order valence-corrected chi connectivity index (χ2v) is 5.74. The van der Waals surface area contributed by atoms with E-state index in [1.165, 1.54) is 36.6 Å². The van der Waals surface area contributed by atoms with Crippen molar-refractivity contribution in [2.45, 2.75) is 6.92 Å². The molecule has 0 unspecified atom stereocenters. The average Bonchev–Trinajstić information content (AvgIpc) is 3.27. The van der Waals surface area contributed by atoms with Crippen LogP contribution in [0.15, 0.2) is 52.8 Å². The summed E-state index contributed by atoms with van der Waals surface area (Å²) in [6.45, 7) is 1.51. The zero-order chi connectivity index (χ0) is 20.1. The number of carbonyl (C=O) groups excluding carboxylic acids is 4. The Bertz CT molecular complexity index is 931. The zero-order valence-electron chi connectivity index (χ0n) is 14.9. The molecule has 9 nitrogen and oxygen atoms in total. The minimum absolute atomic E-state index is 0.0199. The van der Waals surface area contributed by atoms with Crippen LogP contribution < -0.4 is 10.6 Å². The number of hydrogen-bond donors (Lipinski definition) is 2. The molecule has 28 heavy (non-hydrogen) atoms. The lowest BCUT2D eigenvalue weighted by Crippen LogP contribution is -2.38. The molecule has 0 aliphatic carbocycles. The van der Waals surface area contributed by atoms with Crippen molar-refractivity contribution in [3.63, 3.8) is 0 Å². The van der Waals surface area contributed by atoms with Gasteiger partial charge in [0, 0.05) is 11.8 Å². The summed E-state index contributed by atoms with van der Waals surface area (Å²) in [6, 6.07) is 8.64. The largest absolute Gasteiger partial charge is 0.465 e. The fourth-order valence-electron chi connectivity index (χ4n) is 2.48. The van der Waals surface area contributed by atoms with Gasteiger partial charge in [0.25, 0.3) is 5.91 Å². The van der Waals surface area contributed by atoms with E-state index in [1.54, 1.807) is 19.1 Å². The predicted octanol–water partition coefficient (Wildman–Crippen LogP) is 1.99. The summed E-state index contributed by atoms with van der Waals surface area (Å²) in [5.41, 5.74) is 0.782. The Hall–Kier alpha value is -3.88. The maximum atomic E-state index is 12.3. The zero-order valence-corrected chi connectivity index (χ0v) is 14.9. The van der Waals surface area contributed by atoms with E-state index in [-0.39, 0.29) is 12.3 Å². The molecule has 1 aliphatic rings. The number of esters is 1. The lowest BCUT2D eigenvalue weighted by molar-refractivity contribution is -0.127. The van der Waals surface area contributed by atoms with E-state index in [4.69, 9.17) is 9.15 Å². The van der Waals surface area contributed by atoms with E-state index in [1.807, 2.05) is 0 Å². The Kier molecular flexibility index (Phi) is 5.54. The van der Waals surface area contributed by atoms with Gasteiger partial charge in [0.1, 0.15) is 18.0 Å². The lowest BCUT2D eigenvalue weighted by Gasteiger charge is -2.12. The van der Waals surface area contributed by atoms with Crippen LogP contribution in [0.1, 0.15) is 23.0 Å². The van der Waals surface area contributed by atoms with Crippen LogP contribution in [0.2, 0.25) is 0 Å². The van der Waals surface area contributed by atoms with Gasteiger partial charge in [0.2, 0.25) is 5.91 Å². The standard InChI is InChI=1S/C19H17N3O6/c1-2-27-18(25)12-5-7-13(8-6-12)20-16(23)11-22-17(24)15(21-19(22)26)10-14-4-3-9-28-14/h3-10H,2,11H2,1H3,(H,20,23)(H,21,26)/b15-10-. The van der Waals surface area contributed by atoms with Gasteiger partial charge in [0.15, 0.2) is 0 Å². The van der Waals surface area contributed by atoms with Gasteiger partial charge in [-0.1, -0.05) is 0 Å². The van der Waals surface area contributed by atoms with Crippen LogP contribution in [0.25, 0.3) is 6.08 Å². The number of hydrogen-bond acceptors (Lipinski definition) is 6. The average molecular weight is 383 g/mol. The number of amides is 4. The molecule has 1 aromatic carbocycles. The smallest absolute Gasteiger partial charge is 0.338 e. The highest BCUT2D eigenvalue weighted by Gasteiger charge is 2.35. The highest BCUT2D eigenvalue weighted by atomic mass is 16.5. The quantitative estimate of drug-likeness (QED) is 0.447. The molecular weight excluding hydrogens is 366 g/mol. The minimum Gasteiger partial charge on any atom is -0.465 e. The van der Waals surface area contributed by atoms with Crippen LogP contribution in [0.4, 0.5) is 10.5 Å². The van der Waals surface area contributed by atoms with Crippen molar-refractivity contribution in [1.82, 2.24) is 10.2 Å². The van der Waals surface area contributed by atoms with E-state index in [0.29, 0.717) is 17.0 Å². The molecule has 0 bridgehead atoms. The molecule has 0 saturated carbocycles. The first-order chi connectivity index (χ1) is 13.5. The van der Waals surface area contributed by atoms with Crippen molar-refractivity contribution in [3.05, 3.63) is 59.7 Å². The van der Waals surface area contributed by atoms with Crippen LogP contribution >= 0.6 is 0 Å². The fraction of sp³-hybridized carbons (Fsp3) is 0.158. The summed E-state index contributed by atoms with van der Waals surface area (Å²) in [4.78, 5) is 48.9. The molecule has 1 fully saturated rings. The van der Waals surface area contributed by atoms with E-state index in [2.05, 4.69) is 10.6 Å². The minimum atomic E-state index is -0.699. The van der Waals surface area contributed by atoms with Crippen molar-refractivity contribution in [1.29, 1.82) is 0 Å². The Morgan fingerprint density at radius 3 is 2.61 bits per heavy atom. The summed E-state index contributed by atoms with van der Waals surface area (Å²) < 4.78 is 9.99. The summed E-state index contributed by atoms with van der Waals surface area (Å²) in [6.07, 6.45) is 2.82. The van der Waals surface area contributed by atoms with Crippen molar-refractivity contribution in [2.75, 3.05) is 18.5 Å². The summed E-state index contributed by atoms with van der Waals surface area (Å²) in [7, 11) is 0. The number of anilines is 1. The van der Waals surface area contributed by atoms with Crippen LogP contribution in [0, 0.1) is 0 Å². The second kappa shape index (κ2) is 8.21. The van der Waals surface area contributed by atoms with Gasteiger partial charge in [-0.15, -0.1) is 0 Å². The fourth-order valence-corrected chi connectivity index (χ4v) is 2.48. The molecule has 2 heterocycles. The number of nitrogens with zero attached hydrogens (tertiary/aromatic N) is 1. The number of rotatable bonds is 6. The molecule has 1 aliphatic heterocycles. The second-order valence-electron chi connectivity index (χ2n) is 5.74. The van der Waals surface area contributed by atoms with Crippen molar-refractivity contribution >= 4 is 35.6 Å². The van der Waals surface area contributed by atoms with Gasteiger partial charge in [-0.25, -0.2) is 14.5 Å². The van der Waals surface area contributed by atoms with Crippen LogP contribution in [-0.2, 0) is 14.3 Å². The Labute approximate surface area is 159 Å². The number of carbonyl (C=O) groups is 4. The van der Waals surface area contributed by atoms with E-state index in [9.17, 15) is 19.2 Å². The number of ether oxygens (including phenoxy) is 1. The monoisotopic (exact) mass is 383 g/mol. The van der Waals surface area contributed by atoms with Gasteiger partial charge >= 0.3 is 12.0 Å². The van der Waals surface area contributed by atoms with Crippen molar-refractivity contribution < 1.29 is 28.3 Å². The molecule has 4 amide bonds. The highest BCUT2D eigenvalue weighted by molar-refractivity contribution is 6.15. The van der Waals surface area contributed by atoms with Crippen LogP contribution in [0.5, 0.6) is 0 Å². The number of urea groups is 1. The number of imide groups is 1. The van der Waals surface area contributed by atoms with Gasteiger partial charge < -0.3 is 19.8 Å². The van der Waals surface area contributed by atoms with E-state index in [0.717, 1.165) is 4.90 Å². The number of benzene rings is 1.